The van der Waals surface area contributed by atoms with Crippen LogP contribution in [0.4, 0.5) is 0 Å². The molecule has 5 atom stereocenters. The van der Waals surface area contributed by atoms with Gasteiger partial charge in [-0.3, -0.25) is 24.0 Å². The van der Waals surface area contributed by atoms with Gasteiger partial charge in [0.25, 0.3) is 0 Å². The Hall–Kier alpha value is -1.96. The molecule has 0 bridgehead atoms. The molecule has 29 heavy (non-hydrogen) atoms. The van der Waals surface area contributed by atoms with Crippen molar-refractivity contribution in [1.29, 1.82) is 0 Å². The van der Waals surface area contributed by atoms with Crippen molar-refractivity contribution in [2.24, 2.45) is 0 Å². The summed E-state index contributed by atoms with van der Waals surface area (Å²) in [5.41, 5.74) is 0. The lowest BCUT2D eigenvalue weighted by molar-refractivity contribution is -0.271. The average molecular weight is 529 g/mol. The van der Waals surface area contributed by atoms with E-state index in [1.54, 1.807) is 0 Å². The molecular formula is C17H24INO10. The van der Waals surface area contributed by atoms with Gasteiger partial charge in [-0.1, -0.05) is 22.6 Å². The minimum Gasteiger partial charge on any atom is -0.463 e. The minimum absolute atomic E-state index is 0.145. The fourth-order valence-electron chi connectivity index (χ4n) is 2.66. The summed E-state index contributed by atoms with van der Waals surface area (Å²) in [6.07, 6.45) is -4.83. The van der Waals surface area contributed by atoms with Gasteiger partial charge >= 0.3 is 23.9 Å². The lowest BCUT2D eigenvalue weighted by Crippen LogP contribution is -2.67. The highest BCUT2D eigenvalue weighted by Gasteiger charge is 2.52. The number of halogens is 1. The number of alkyl halides is 1. The molecule has 0 radical (unpaired) electrons. The van der Waals surface area contributed by atoms with Crippen LogP contribution in [0.1, 0.15) is 34.1 Å². The van der Waals surface area contributed by atoms with E-state index in [1.807, 2.05) is 22.6 Å². The van der Waals surface area contributed by atoms with Crippen molar-refractivity contribution in [3.05, 3.63) is 0 Å². The maximum atomic E-state index is 12.2. The van der Waals surface area contributed by atoms with E-state index in [1.165, 1.54) is 6.92 Å². The van der Waals surface area contributed by atoms with E-state index < -0.39 is 60.4 Å². The van der Waals surface area contributed by atoms with Crippen molar-refractivity contribution in [1.82, 2.24) is 5.32 Å². The van der Waals surface area contributed by atoms with Crippen molar-refractivity contribution >= 4 is 52.4 Å². The van der Waals surface area contributed by atoms with Gasteiger partial charge in [0.05, 0.1) is 0 Å². The van der Waals surface area contributed by atoms with Crippen LogP contribution in [0.3, 0.4) is 0 Å². The highest BCUT2D eigenvalue weighted by atomic mass is 127. The summed E-state index contributed by atoms with van der Waals surface area (Å²) in [6.45, 7) is 4.20. The molecule has 12 heteroatoms. The Kier molecular flexibility index (Phi) is 10.3. The molecule has 0 aromatic rings. The Bertz CT molecular complexity index is 640. The van der Waals surface area contributed by atoms with Crippen LogP contribution in [0.25, 0.3) is 0 Å². The second kappa shape index (κ2) is 11.9. The fraction of sp³-hybridized carbons (Fsp3) is 0.706. The smallest absolute Gasteiger partial charge is 0.305 e. The molecule has 1 amide bonds. The summed E-state index contributed by atoms with van der Waals surface area (Å²) in [7, 11) is 0. The zero-order valence-electron chi connectivity index (χ0n) is 16.5. The van der Waals surface area contributed by atoms with E-state index in [0.717, 1.165) is 20.8 Å². The van der Waals surface area contributed by atoms with Crippen LogP contribution in [0, 0.1) is 0 Å². The standard InChI is InChI=1S/C17H24INO10/c1-8(20)25-7-12-15(26-9(2)21)16(27-10(3)22)14(19-13(24)5-6-18)17(29-12)28-11(4)23/h12,14-17H,5-7H2,1-4H3,(H,19,24)/t12-,14-,15-,16-,17-/m1/s1. The van der Waals surface area contributed by atoms with Crippen LogP contribution >= 0.6 is 22.6 Å². The Morgan fingerprint density at radius 1 is 0.862 bits per heavy atom. The lowest BCUT2D eigenvalue weighted by atomic mass is 9.96. The molecule has 1 aliphatic rings. The molecule has 1 saturated heterocycles. The zero-order valence-corrected chi connectivity index (χ0v) is 18.6. The van der Waals surface area contributed by atoms with Crippen LogP contribution in [-0.4, -0.2) is 71.5 Å². The number of carbonyl (C=O) groups excluding carboxylic acids is 5. The van der Waals surface area contributed by atoms with Crippen LogP contribution in [0.5, 0.6) is 0 Å². The highest BCUT2D eigenvalue weighted by molar-refractivity contribution is 14.1. The molecule has 1 heterocycles. The number of esters is 4. The van der Waals surface area contributed by atoms with E-state index in [2.05, 4.69) is 5.32 Å². The lowest BCUT2D eigenvalue weighted by Gasteiger charge is -2.44. The SMILES string of the molecule is CC(=O)OC[C@H]1O[C@@H](OC(C)=O)[C@H](NC(=O)CCI)[C@@H](OC(C)=O)[C@@H]1OC(C)=O. The predicted octanol–water partition coefficient (Wildman–Crippen LogP) is 0.0108. The number of rotatable bonds is 8. The Balaban J connectivity index is 3.31. The van der Waals surface area contributed by atoms with Gasteiger partial charge in [0.1, 0.15) is 18.8 Å². The maximum absolute atomic E-state index is 12.2. The summed E-state index contributed by atoms with van der Waals surface area (Å²) in [5, 5.41) is 2.60. The first-order valence-corrected chi connectivity index (χ1v) is 10.2. The summed E-state index contributed by atoms with van der Waals surface area (Å²) in [6, 6.07) is -1.16. The van der Waals surface area contributed by atoms with Gasteiger partial charge in [0.2, 0.25) is 12.2 Å². The van der Waals surface area contributed by atoms with E-state index in [4.69, 9.17) is 23.7 Å². The molecular weight excluding hydrogens is 505 g/mol. The number of hydrogen-bond donors (Lipinski definition) is 1. The maximum Gasteiger partial charge on any atom is 0.305 e. The molecule has 1 rings (SSSR count). The summed E-state index contributed by atoms with van der Waals surface area (Å²) in [4.78, 5) is 58.2. The summed E-state index contributed by atoms with van der Waals surface area (Å²) >= 11 is 2.01. The quantitative estimate of drug-likeness (QED) is 0.198. The van der Waals surface area contributed by atoms with E-state index in [0.29, 0.717) is 4.43 Å². The predicted molar refractivity (Wildman–Crippen MR) is 104 cm³/mol. The molecule has 0 unspecified atom stereocenters. The van der Waals surface area contributed by atoms with Gasteiger partial charge in [-0.25, -0.2) is 0 Å². The van der Waals surface area contributed by atoms with Crippen molar-refractivity contribution in [2.45, 2.75) is 64.8 Å². The van der Waals surface area contributed by atoms with Crippen molar-refractivity contribution in [2.75, 3.05) is 11.0 Å². The largest absolute Gasteiger partial charge is 0.463 e. The molecule has 164 valence electrons. The normalized spacial score (nSPS) is 26.0. The van der Waals surface area contributed by atoms with E-state index >= 15 is 0 Å². The zero-order chi connectivity index (χ0) is 22.1. The third-order valence-corrected chi connectivity index (χ3v) is 4.17. The first-order valence-electron chi connectivity index (χ1n) is 8.71. The Morgan fingerprint density at radius 2 is 1.41 bits per heavy atom. The van der Waals surface area contributed by atoms with Crippen molar-refractivity contribution < 1.29 is 47.7 Å². The number of amides is 1. The first kappa shape index (κ1) is 25.1. The Morgan fingerprint density at radius 3 is 1.90 bits per heavy atom. The number of nitrogens with one attached hydrogen (secondary N) is 1. The molecule has 11 nitrogen and oxygen atoms in total. The molecule has 1 fully saturated rings. The third-order valence-electron chi connectivity index (χ3n) is 3.63. The van der Waals surface area contributed by atoms with Crippen LogP contribution in [-0.2, 0) is 47.7 Å². The Labute approximate surface area is 181 Å². The topological polar surface area (TPSA) is 144 Å². The van der Waals surface area contributed by atoms with Gasteiger partial charge < -0.3 is 29.0 Å². The fourth-order valence-corrected chi connectivity index (χ4v) is 3.15. The average Bonchev–Trinajstić information content (AvgIpc) is 2.57. The van der Waals surface area contributed by atoms with Gasteiger partial charge in [-0.05, 0) is 0 Å². The van der Waals surface area contributed by atoms with Gasteiger partial charge in [0, 0.05) is 38.5 Å². The van der Waals surface area contributed by atoms with Gasteiger partial charge in [0.15, 0.2) is 12.2 Å². The summed E-state index contributed by atoms with van der Waals surface area (Å²) in [5.74, 6) is -3.20. The number of hydrogen-bond acceptors (Lipinski definition) is 10. The third kappa shape index (κ3) is 8.51. The molecule has 1 N–H and O–H groups in total. The van der Waals surface area contributed by atoms with Crippen LogP contribution < -0.4 is 5.32 Å². The van der Waals surface area contributed by atoms with E-state index in [-0.39, 0.29) is 13.0 Å². The van der Waals surface area contributed by atoms with Crippen LogP contribution in [0.15, 0.2) is 0 Å². The van der Waals surface area contributed by atoms with Gasteiger partial charge in [-0.2, -0.15) is 0 Å². The molecule has 0 aromatic carbocycles. The molecule has 0 saturated carbocycles. The van der Waals surface area contributed by atoms with Crippen molar-refractivity contribution in [3.8, 4) is 0 Å². The number of carbonyl (C=O) groups is 5. The van der Waals surface area contributed by atoms with Crippen molar-refractivity contribution in [3.63, 3.8) is 0 Å². The monoisotopic (exact) mass is 529 g/mol. The minimum atomic E-state index is -1.37. The summed E-state index contributed by atoms with van der Waals surface area (Å²) < 4.78 is 26.8. The number of ether oxygens (including phenoxy) is 5. The van der Waals surface area contributed by atoms with E-state index in [9.17, 15) is 24.0 Å². The molecule has 1 aliphatic heterocycles. The molecule has 0 aromatic heterocycles. The second-order valence-electron chi connectivity index (χ2n) is 6.14. The second-order valence-corrected chi connectivity index (χ2v) is 7.21. The molecule has 0 spiro atoms. The highest BCUT2D eigenvalue weighted by Crippen LogP contribution is 2.28. The first-order chi connectivity index (χ1) is 13.5. The van der Waals surface area contributed by atoms with Gasteiger partial charge in [-0.15, -0.1) is 0 Å². The molecule has 0 aliphatic carbocycles. The van der Waals surface area contributed by atoms with Crippen LogP contribution in [0.2, 0.25) is 0 Å².